The van der Waals surface area contributed by atoms with Crippen molar-refractivity contribution in [1.82, 2.24) is 5.43 Å². The monoisotopic (exact) mass is 256 g/mol. The average molecular weight is 256 g/mol. The predicted molar refractivity (Wildman–Crippen MR) is 64.7 cm³/mol. The Morgan fingerprint density at radius 1 is 1.39 bits per heavy atom. The van der Waals surface area contributed by atoms with E-state index in [0.717, 1.165) is 19.4 Å². The maximum atomic E-state index is 13.5. The van der Waals surface area contributed by atoms with Gasteiger partial charge in [0.05, 0.1) is 0 Å². The molecule has 0 bridgehead atoms. The summed E-state index contributed by atoms with van der Waals surface area (Å²) in [5, 5.41) is 0. The number of ether oxygens (including phenoxy) is 1. The van der Waals surface area contributed by atoms with Crippen molar-refractivity contribution in [2.45, 2.75) is 25.3 Å². The molecule has 0 amide bonds. The molecule has 1 aromatic rings. The highest BCUT2D eigenvalue weighted by Crippen LogP contribution is 2.21. The Hall–Kier alpha value is -1.04. The number of halogens is 2. The van der Waals surface area contributed by atoms with Crippen LogP contribution >= 0.6 is 0 Å². The zero-order chi connectivity index (χ0) is 13.0. The van der Waals surface area contributed by atoms with Gasteiger partial charge in [-0.15, -0.1) is 0 Å². The third kappa shape index (κ3) is 3.25. The van der Waals surface area contributed by atoms with Crippen molar-refractivity contribution in [2.24, 2.45) is 11.8 Å². The van der Waals surface area contributed by atoms with Gasteiger partial charge in [0.2, 0.25) is 0 Å². The van der Waals surface area contributed by atoms with Gasteiger partial charge in [0.25, 0.3) is 0 Å². The lowest BCUT2D eigenvalue weighted by atomic mass is 9.94. The SMILES string of the molecule is NNC(Cc1c(F)cccc1F)CC1CCOC1. The highest BCUT2D eigenvalue weighted by Gasteiger charge is 2.22. The predicted octanol–water partition coefficient (Wildman–Crippen LogP) is 1.77. The van der Waals surface area contributed by atoms with Gasteiger partial charge < -0.3 is 4.74 Å². The van der Waals surface area contributed by atoms with E-state index in [1.807, 2.05) is 0 Å². The quantitative estimate of drug-likeness (QED) is 0.623. The summed E-state index contributed by atoms with van der Waals surface area (Å²) in [6.45, 7) is 1.47. The van der Waals surface area contributed by atoms with Crippen LogP contribution in [-0.2, 0) is 11.2 Å². The van der Waals surface area contributed by atoms with E-state index in [9.17, 15) is 8.78 Å². The topological polar surface area (TPSA) is 47.3 Å². The first-order chi connectivity index (χ1) is 8.70. The minimum absolute atomic E-state index is 0.0966. The van der Waals surface area contributed by atoms with E-state index >= 15 is 0 Å². The van der Waals surface area contributed by atoms with Crippen molar-refractivity contribution in [2.75, 3.05) is 13.2 Å². The molecule has 1 aromatic carbocycles. The van der Waals surface area contributed by atoms with Gasteiger partial charge in [-0.3, -0.25) is 11.3 Å². The van der Waals surface area contributed by atoms with Crippen molar-refractivity contribution >= 4 is 0 Å². The Morgan fingerprint density at radius 3 is 2.67 bits per heavy atom. The van der Waals surface area contributed by atoms with Gasteiger partial charge in [-0.05, 0) is 37.3 Å². The van der Waals surface area contributed by atoms with E-state index in [2.05, 4.69) is 5.43 Å². The van der Waals surface area contributed by atoms with Gasteiger partial charge in [0, 0.05) is 24.8 Å². The van der Waals surface area contributed by atoms with Crippen molar-refractivity contribution in [3.8, 4) is 0 Å². The van der Waals surface area contributed by atoms with Crippen molar-refractivity contribution < 1.29 is 13.5 Å². The molecule has 0 saturated carbocycles. The molecule has 1 saturated heterocycles. The average Bonchev–Trinajstić information content (AvgIpc) is 2.85. The fourth-order valence-electron chi connectivity index (χ4n) is 2.36. The van der Waals surface area contributed by atoms with E-state index in [1.54, 1.807) is 0 Å². The second-order valence-corrected chi connectivity index (χ2v) is 4.73. The van der Waals surface area contributed by atoms with Crippen LogP contribution in [0.25, 0.3) is 0 Å². The molecule has 0 aromatic heterocycles. The van der Waals surface area contributed by atoms with Crippen LogP contribution in [0.3, 0.4) is 0 Å². The number of hydrogen-bond acceptors (Lipinski definition) is 3. The molecule has 0 spiro atoms. The van der Waals surface area contributed by atoms with Gasteiger partial charge in [-0.1, -0.05) is 6.07 Å². The maximum Gasteiger partial charge on any atom is 0.129 e. The van der Waals surface area contributed by atoms with E-state index in [4.69, 9.17) is 10.6 Å². The molecule has 2 atom stereocenters. The Kier molecular flexibility index (Phi) is 4.63. The van der Waals surface area contributed by atoms with Crippen molar-refractivity contribution in [1.29, 1.82) is 0 Å². The fourth-order valence-corrected chi connectivity index (χ4v) is 2.36. The third-order valence-corrected chi connectivity index (χ3v) is 3.39. The van der Waals surface area contributed by atoms with Gasteiger partial charge in [-0.2, -0.15) is 0 Å². The normalized spacial score (nSPS) is 21.2. The molecule has 1 aliphatic rings. The van der Waals surface area contributed by atoms with Gasteiger partial charge >= 0.3 is 0 Å². The van der Waals surface area contributed by atoms with E-state index in [-0.39, 0.29) is 18.0 Å². The van der Waals surface area contributed by atoms with E-state index < -0.39 is 11.6 Å². The minimum Gasteiger partial charge on any atom is -0.381 e. The molecule has 3 N–H and O–H groups in total. The molecule has 2 unspecified atom stereocenters. The zero-order valence-electron chi connectivity index (χ0n) is 10.2. The Balaban J connectivity index is 2.00. The standard InChI is InChI=1S/C13H18F2N2O/c14-12-2-1-3-13(15)11(12)7-10(17-16)6-9-4-5-18-8-9/h1-3,9-10,17H,4-8,16H2. The van der Waals surface area contributed by atoms with Crippen LogP contribution in [0, 0.1) is 17.6 Å². The molecule has 2 rings (SSSR count). The maximum absolute atomic E-state index is 13.5. The van der Waals surface area contributed by atoms with Crippen LogP contribution in [0.2, 0.25) is 0 Å². The molecular formula is C13H18F2N2O. The fraction of sp³-hybridized carbons (Fsp3) is 0.538. The summed E-state index contributed by atoms with van der Waals surface area (Å²) in [5.74, 6) is 4.85. The number of hydrogen-bond donors (Lipinski definition) is 2. The molecule has 0 radical (unpaired) electrons. The molecule has 100 valence electrons. The number of hydrazine groups is 1. The molecule has 18 heavy (non-hydrogen) atoms. The Bertz CT molecular complexity index is 374. The lowest BCUT2D eigenvalue weighted by molar-refractivity contribution is 0.181. The first-order valence-corrected chi connectivity index (χ1v) is 6.17. The summed E-state index contributed by atoms with van der Waals surface area (Å²) >= 11 is 0. The number of nitrogens with one attached hydrogen (secondary N) is 1. The second-order valence-electron chi connectivity index (χ2n) is 4.73. The molecule has 5 heteroatoms. The lowest BCUT2D eigenvalue weighted by Crippen LogP contribution is -2.38. The smallest absolute Gasteiger partial charge is 0.129 e. The number of benzene rings is 1. The molecular weight excluding hydrogens is 238 g/mol. The van der Waals surface area contributed by atoms with Crippen LogP contribution in [0.15, 0.2) is 18.2 Å². The number of rotatable bonds is 5. The summed E-state index contributed by atoms with van der Waals surface area (Å²) < 4.78 is 32.3. The van der Waals surface area contributed by atoms with Crippen LogP contribution in [0.5, 0.6) is 0 Å². The second kappa shape index (κ2) is 6.22. The summed E-state index contributed by atoms with van der Waals surface area (Å²) in [5.41, 5.74) is 2.74. The summed E-state index contributed by atoms with van der Waals surface area (Å²) in [4.78, 5) is 0. The first-order valence-electron chi connectivity index (χ1n) is 6.17. The van der Waals surface area contributed by atoms with Crippen molar-refractivity contribution in [3.05, 3.63) is 35.4 Å². The molecule has 0 aliphatic carbocycles. The first kappa shape index (κ1) is 13.4. The highest BCUT2D eigenvalue weighted by atomic mass is 19.1. The lowest BCUT2D eigenvalue weighted by Gasteiger charge is -2.19. The van der Waals surface area contributed by atoms with Crippen molar-refractivity contribution in [3.63, 3.8) is 0 Å². The summed E-state index contributed by atoms with van der Waals surface area (Å²) in [6, 6.07) is 3.77. The Morgan fingerprint density at radius 2 is 2.11 bits per heavy atom. The van der Waals surface area contributed by atoms with Crippen LogP contribution in [0.4, 0.5) is 8.78 Å². The van der Waals surface area contributed by atoms with Gasteiger partial charge in [0.15, 0.2) is 0 Å². The highest BCUT2D eigenvalue weighted by molar-refractivity contribution is 5.20. The van der Waals surface area contributed by atoms with Gasteiger partial charge in [0.1, 0.15) is 11.6 Å². The third-order valence-electron chi connectivity index (χ3n) is 3.39. The van der Waals surface area contributed by atoms with E-state index in [0.29, 0.717) is 12.5 Å². The number of nitrogens with two attached hydrogens (primary N) is 1. The van der Waals surface area contributed by atoms with Crippen LogP contribution < -0.4 is 11.3 Å². The van der Waals surface area contributed by atoms with Crippen LogP contribution in [-0.4, -0.2) is 19.3 Å². The molecule has 1 fully saturated rings. The molecule has 3 nitrogen and oxygen atoms in total. The minimum atomic E-state index is -0.516. The largest absolute Gasteiger partial charge is 0.381 e. The zero-order valence-corrected chi connectivity index (χ0v) is 10.2. The molecule has 1 aliphatic heterocycles. The van der Waals surface area contributed by atoms with Gasteiger partial charge in [-0.25, -0.2) is 8.78 Å². The van der Waals surface area contributed by atoms with E-state index in [1.165, 1.54) is 18.2 Å². The summed E-state index contributed by atoms with van der Waals surface area (Å²) in [7, 11) is 0. The Labute approximate surface area is 105 Å². The van der Waals surface area contributed by atoms with Crippen LogP contribution in [0.1, 0.15) is 18.4 Å². The molecule has 1 heterocycles. The summed E-state index contributed by atoms with van der Waals surface area (Å²) in [6.07, 6.45) is 2.01.